The summed E-state index contributed by atoms with van der Waals surface area (Å²) in [6, 6.07) is -0.0305. The lowest BCUT2D eigenvalue weighted by molar-refractivity contribution is -0.135. The lowest BCUT2D eigenvalue weighted by Gasteiger charge is -2.32. The number of carbonyl (C=O) groups is 1. The van der Waals surface area contributed by atoms with Crippen molar-refractivity contribution in [1.29, 1.82) is 0 Å². The molecule has 19 heavy (non-hydrogen) atoms. The second-order valence-electron chi connectivity index (χ2n) is 5.52. The van der Waals surface area contributed by atoms with Crippen LogP contribution in [0.25, 0.3) is 0 Å². The summed E-state index contributed by atoms with van der Waals surface area (Å²) in [4.78, 5) is 14.4. The van der Waals surface area contributed by atoms with Gasteiger partial charge in [-0.1, -0.05) is 39.5 Å². The molecule has 0 spiro atoms. The van der Waals surface area contributed by atoms with Gasteiger partial charge in [-0.2, -0.15) is 0 Å². The van der Waals surface area contributed by atoms with Gasteiger partial charge in [0.15, 0.2) is 0 Å². The third-order valence-corrected chi connectivity index (χ3v) is 3.87. The van der Waals surface area contributed by atoms with Gasteiger partial charge in [-0.3, -0.25) is 4.79 Å². The van der Waals surface area contributed by atoms with E-state index in [9.17, 15) is 9.90 Å². The first-order valence-electron chi connectivity index (χ1n) is 7.89. The highest BCUT2D eigenvalue weighted by Gasteiger charge is 2.26. The lowest BCUT2D eigenvalue weighted by Crippen LogP contribution is -2.49. The molecule has 2 N–H and O–H groups in total. The number of amides is 1. The van der Waals surface area contributed by atoms with Crippen molar-refractivity contribution < 1.29 is 9.90 Å². The molecule has 0 saturated carbocycles. The molecule has 1 unspecified atom stereocenters. The summed E-state index contributed by atoms with van der Waals surface area (Å²) in [5.74, 6) is 0.227. The molecule has 1 amide bonds. The zero-order chi connectivity index (χ0) is 14.1. The van der Waals surface area contributed by atoms with Gasteiger partial charge < -0.3 is 15.3 Å². The Kier molecular flexibility index (Phi) is 8.07. The SMILES string of the molecule is CCCCCCC(NCC)C(=O)N1CCC(O)CC1. The topological polar surface area (TPSA) is 52.6 Å². The number of nitrogens with zero attached hydrogens (tertiary/aromatic N) is 1. The van der Waals surface area contributed by atoms with Crippen molar-refractivity contribution in [2.45, 2.75) is 70.9 Å². The molecule has 1 atom stereocenters. The van der Waals surface area contributed by atoms with Crippen molar-refractivity contribution in [3.05, 3.63) is 0 Å². The van der Waals surface area contributed by atoms with Crippen LogP contribution in [0.3, 0.4) is 0 Å². The molecule has 1 heterocycles. The molecule has 1 saturated heterocycles. The normalized spacial score (nSPS) is 18.6. The predicted octanol–water partition coefficient (Wildman–Crippen LogP) is 1.92. The van der Waals surface area contributed by atoms with Crippen molar-refractivity contribution in [3.8, 4) is 0 Å². The van der Waals surface area contributed by atoms with E-state index < -0.39 is 0 Å². The maximum atomic E-state index is 12.4. The smallest absolute Gasteiger partial charge is 0.239 e. The Morgan fingerprint density at radius 2 is 1.95 bits per heavy atom. The van der Waals surface area contributed by atoms with E-state index in [0.29, 0.717) is 13.1 Å². The van der Waals surface area contributed by atoms with E-state index in [2.05, 4.69) is 12.2 Å². The summed E-state index contributed by atoms with van der Waals surface area (Å²) in [6.45, 7) is 6.49. The van der Waals surface area contributed by atoms with Gasteiger partial charge in [-0.15, -0.1) is 0 Å². The molecule has 1 aliphatic rings. The molecule has 1 aliphatic heterocycles. The number of aliphatic hydroxyl groups is 1. The van der Waals surface area contributed by atoms with Crippen LogP contribution in [-0.4, -0.2) is 47.7 Å². The largest absolute Gasteiger partial charge is 0.393 e. The molecule has 4 heteroatoms. The minimum absolute atomic E-state index is 0.0305. The van der Waals surface area contributed by atoms with Gasteiger partial charge in [0.1, 0.15) is 0 Å². The summed E-state index contributed by atoms with van der Waals surface area (Å²) in [5, 5.41) is 12.8. The number of aliphatic hydroxyl groups excluding tert-OH is 1. The molecule has 0 aromatic rings. The van der Waals surface area contributed by atoms with E-state index in [0.717, 1.165) is 32.2 Å². The summed E-state index contributed by atoms with van der Waals surface area (Å²) >= 11 is 0. The lowest BCUT2D eigenvalue weighted by atomic mass is 10.0. The Hall–Kier alpha value is -0.610. The molecule has 1 rings (SSSR count). The van der Waals surface area contributed by atoms with Gasteiger partial charge in [0.25, 0.3) is 0 Å². The number of nitrogens with one attached hydrogen (secondary N) is 1. The number of carbonyl (C=O) groups excluding carboxylic acids is 1. The number of rotatable bonds is 8. The number of piperidine rings is 1. The summed E-state index contributed by atoms with van der Waals surface area (Å²) in [6.07, 6.45) is 6.98. The first kappa shape index (κ1) is 16.4. The fourth-order valence-electron chi connectivity index (χ4n) is 2.64. The molecule has 112 valence electrons. The van der Waals surface area contributed by atoms with Crippen LogP contribution in [0.15, 0.2) is 0 Å². The van der Waals surface area contributed by atoms with E-state index in [4.69, 9.17) is 0 Å². The number of hydrogen-bond acceptors (Lipinski definition) is 3. The number of unbranched alkanes of at least 4 members (excludes halogenated alkanes) is 3. The average molecular weight is 270 g/mol. The molecular formula is C15H30N2O2. The zero-order valence-electron chi connectivity index (χ0n) is 12.5. The van der Waals surface area contributed by atoms with Crippen molar-refractivity contribution in [2.24, 2.45) is 0 Å². The third kappa shape index (κ3) is 5.91. The average Bonchev–Trinajstić information content (AvgIpc) is 2.42. The molecule has 0 aromatic heterocycles. The second kappa shape index (κ2) is 9.32. The third-order valence-electron chi connectivity index (χ3n) is 3.87. The summed E-state index contributed by atoms with van der Waals surface area (Å²) in [5.41, 5.74) is 0. The first-order valence-corrected chi connectivity index (χ1v) is 7.89. The van der Waals surface area contributed by atoms with Crippen molar-refractivity contribution in [1.82, 2.24) is 10.2 Å². The van der Waals surface area contributed by atoms with Crippen LogP contribution in [-0.2, 0) is 4.79 Å². The molecular weight excluding hydrogens is 240 g/mol. The maximum Gasteiger partial charge on any atom is 0.239 e. The highest BCUT2D eigenvalue weighted by atomic mass is 16.3. The fourth-order valence-corrected chi connectivity index (χ4v) is 2.64. The van der Waals surface area contributed by atoms with Gasteiger partial charge in [-0.05, 0) is 25.8 Å². The molecule has 0 radical (unpaired) electrons. The monoisotopic (exact) mass is 270 g/mol. The Bertz CT molecular complexity index is 251. The van der Waals surface area contributed by atoms with Crippen LogP contribution in [0.1, 0.15) is 58.8 Å². The van der Waals surface area contributed by atoms with E-state index >= 15 is 0 Å². The highest BCUT2D eigenvalue weighted by Crippen LogP contribution is 2.14. The van der Waals surface area contributed by atoms with E-state index in [1.165, 1.54) is 19.3 Å². The molecule has 4 nitrogen and oxygen atoms in total. The number of hydrogen-bond donors (Lipinski definition) is 2. The highest BCUT2D eigenvalue weighted by molar-refractivity contribution is 5.82. The fraction of sp³-hybridized carbons (Fsp3) is 0.933. The summed E-state index contributed by atoms with van der Waals surface area (Å²) in [7, 11) is 0. The first-order chi connectivity index (χ1) is 9.19. The Balaban J connectivity index is 2.38. The van der Waals surface area contributed by atoms with Crippen LogP contribution in [0, 0.1) is 0 Å². The van der Waals surface area contributed by atoms with Gasteiger partial charge in [0, 0.05) is 13.1 Å². The van der Waals surface area contributed by atoms with E-state index in [1.54, 1.807) is 0 Å². The van der Waals surface area contributed by atoms with Crippen LogP contribution >= 0.6 is 0 Å². The van der Waals surface area contributed by atoms with Gasteiger partial charge in [-0.25, -0.2) is 0 Å². The van der Waals surface area contributed by atoms with Crippen molar-refractivity contribution in [2.75, 3.05) is 19.6 Å². The van der Waals surface area contributed by atoms with Crippen LogP contribution in [0.5, 0.6) is 0 Å². The van der Waals surface area contributed by atoms with Crippen molar-refractivity contribution >= 4 is 5.91 Å². The van der Waals surface area contributed by atoms with Gasteiger partial charge in [0.05, 0.1) is 12.1 Å². The Morgan fingerprint density at radius 3 is 2.53 bits per heavy atom. The standard InChI is InChI=1S/C15H30N2O2/c1-3-5-6-7-8-14(16-4-2)15(19)17-11-9-13(18)10-12-17/h13-14,16,18H,3-12H2,1-2H3. The Labute approximate surface area is 117 Å². The molecule has 0 bridgehead atoms. The van der Waals surface area contributed by atoms with E-state index in [-0.39, 0.29) is 18.1 Å². The second-order valence-corrected chi connectivity index (χ2v) is 5.52. The van der Waals surface area contributed by atoms with Crippen LogP contribution in [0.2, 0.25) is 0 Å². The van der Waals surface area contributed by atoms with Gasteiger partial charge in [0.2, 0.25) is 5.91 Å². The quantitative estimate of drug-likeness (QED) is 0.663. The Morgan fingerprint density at radius 1 is 1.26 bits per heavy atom. The molecule has 0 aliphatic carbocycles. The number of likely N-dealkylation sites (tertiary alicyclic amines) is 1. The zero-order valence-corrected chi connectivity index (χ0v) is 12.5. The van der Waals surface area contributed by atoms with Gasteiger partial charge >= 0.3 is 0 Å². The minimum atomic E-state index is -0.216. The molecule has 0 aromatic carbocycles. The summed E-state index contributed by atoms with van der Waals surface area (Å²) < 4.78 is 0. The maximum absolute atomic E-state index is 12.4. The van der Waals surface area contributed by atoms with Crippen LogP contribution < -0.4 is 5.32 Å². The molecule has 1 fully saturated rings. The minimum Gasteiger partial charge on any atom is -0.393 e. The van der Waals surface area contributed by atoms with Crippen molar-refractivity contribution in [3.63, 3.8) is 0 Å². The van der Waals surface area contributed by atoms with Crippen LogP contribution in [0.4, 0.5) is 0 Å². The number of likely N-dealkylation sites (N-methyl/N-ethyl adjacent to an activating group) is 1. The van der Waals surface area contributed by atoms with E-state index in [1.807, 2.05) is 11.8 Å². The predicted molar refractivity (Wildman–Crippen MR) is 78.0 cm³/mol.